The third-order valence-electron chi connectivity index (χ3n) is 5.52. The molecule has 0 atom stereocenters. The van der Waals surface area contributed by atoms with E-state index in [1.54, 1.807) is 0 Å². The Morgan fingerprint density at radius 3 is 2.65 bits per heavy atom. The molecule has 1 aromatic heterocycles. The summed E-state index contributed by atoms with van der Waals surface area (Å²) < 4.78 is 2.02. The summed E-state index contributed by atoms with van der Waals surface area (Å²) in [7, 11) is 0. The van der Waals surface area contributed by atoms with Crippen molar-refractivity contribution in [3.63, 3.8) is 0 Å². The average Bonchev–Trinajstić information content (AvgIpc) is 3.15. The molecule has 6 heteroatoms. The van der Waals surface area contributed by atoms with E-state index in [0.717, 1.165) is 23.0 Å². The van der Waals surface area contributed by atoms with E-state index in [1.807, 2.05) is 10.6 Å². The molecule has 0 aliphatic heterocycles. The van der Waals surface area contributed by atoms with Crippen LogP contribution in [0.1, 0.15) is 58.4 Å². The molecule has 2 aromatic rings. The van der Waals surface area contributed by atoms with Gasteiger partial charge in [0.1, 0.15) is 0 Å². The second kappa shape index (κ2) is 10.8. The number of hydrogen-bond donors (Lipinski definition) is 1. The number of carbonyl (C=O) groups excluding carboxylic acids is 1. The van der Waals surface area contributed by atoms with Crippen LogP contribution in [0.3, 0.4) is 0 Å². The highest BCUT2D eigenvalue weighted by Crippen LogP contribution is 2.28. The van der Waals surface area contributed by atoms with Crippen LogP contribution in [0.5, 0.6) is 0 Å². The van der Waals surface area contributed by atoms with Crippen molar-refractivity contribution in [2.24, 2.45) is 0 Å². The molecule has 0 fully saturated rings. The SMILES string of the molecule is C=CCn1c(SCC(=O)NCCC2=CCCCC2)nnc1-c1ccc(C(C)(C)C)cc1. The predicted molar refractivity (Wildman–Crippen MR) is 129 cm³/mol. The van der Waals surface area contributed by atoms with E-state index >= 15 is 0 Å². The zero-order valence-electron chi connectivity index (χ0n) is 19.0. The van der Waals surface area contributed by atoms with Gasteiger partial charge in [-0.2, -0.15) is 0 Å². The number of nitrogens with one attached hydrogen (secondary N) is 1. The highest BCUT2D eigenvalue weighted by Gasteiger charge is 2.17. The zero-order valence-corrected chi connectivity index (χ0v) is 19.8. The molecule has 1 aromatic carbocycles. The Morgan fingerprint density at radius 1 is 1.23 bits per heavy atom. The number of nitrogens with zero attached hydrogens (tertiary/aromatic N) is 3. The van der Waals surface area contributed by atoms with Gasteiger partial charge in [-0.25, -0.2) is 0 Å². The number of aromatic nitrogens is 3. The molecule has 1 amide bonds. The van der Waals surface area contributed by atoms with Gasteiger partial charge >= 0.3 is 0 Å². The lowest BCUT2D eigenvalue weighted by Gasteiger charge is -2.19. The van der Waals surface area contributed by atoms with E-state index in [9.17, 15) is 4.79 Å². The number of amides is 1. The standard InChI is InChI=1S/C25H34N4OS/c1-5-17-29-23(20-11-13-21(14-12-20)25(2,3)4)27-28-24(29)31-18-22(30)26-16-15-19-9-7-6-8-10-19/h5,9,11-14H,1,6-8,10,15-18H2,2-4H3,(H,26,30). The second-order valence-corrected chi connectivity index (χ2v) is 9.97. The minimum Gasteiger partial charge on any atom is -0.355 e. The van der Waals surface area contributed by atoms with Gasteiger partial charge in [0, 0.05) is 18.7 Å². The maximum Gasteiger partial charge on any atom is 0.230 e. The third kappa shape index (κ3) is 6.57. The Morgan fingerprint density at radius 2 is 2.00 bits per heavy atom. The summed E-state index contributed by atoms with van der Waals surface area (Å²) >= 11 is 1.42. The van der Waals surface area contributed by atoms with E-state index in [1.165, 1.54) is 48.6 Å². The smallest absolute Gasteiger partial charge is 0.230 e. The summed E-state index contributed by atoms with van der Waals surface area (Å²) in [6, 6.07) is 8.46. The monoisotopic (exact) mass is 438 g/mol. The first-order valence-corrected chi connectivity index (χ1v) is 12.1. The zero-order chi connectivity index (χ0) is 22.3. The molecular formula is C25H34N4OS. The molecule has 1 aliphatic rings. The fourth-order valence-electron chi connectivity index (χ4n) is 3.70. The van der Waals surface area contributed by atoms with Crippen molar-refractivity contribution in [2.75, 3.05) is 12.3 Å². The molecule has 5 nitrogen and oxygen atoms in total. The van der Waals surface area contributed by atoms with E-state index < -0.39 is 0 Å². The summed E-state index contributed by atoms with van der Waals surface area (Å²) in [5, 5.41) is 12.5. The average molecular weight is 439 g/mol. The number of carbonyl (C=O) groups is 1. The van der Waals surface area contributed by atoms with Crippen LogP contribution < -0.4 is 5.32 Å². The summed E-state index contributed by atoms with van der Waals surface area (Å²) in [4.78, 5) is 12.3. The molecule has 1 N–H and O–H groups in total. The number of allylic oxidation sites excluding steroid dienone is 2. The van der Waals surface area contributed by atoms with Crippen LogP contribution in [0.4, 0.5) is 0 Å². The fraction of sp³-hybridized carbons (Fsp3) is 0.480. The van der Waals surface area contributed by atoms with Gasteiger partial charge in [0.2, 0.25) is 5.91 Å². The molecule has 0 bridgehead atoms. The normalized spacial score (nSPS) is 14.2. The molecule has 0 spiro atoms. The van der Waals surface area contributed by atoms with Crippen molar-refractivity contribution < 1.29 is 4.79 Å². The maximum atomic E-state index is 12.3. The first-order chi connectivity index (χ1) is 14.9. The van der Waals surface area contributed by atoms with E-state index in [4.69, 9.17) is 0 Å². The van der Waals surface area contributed by atoms with Gasteiger partial charge in [-0.1, -0.05) is 74.5 Å². The molecule has 0 unspecified atom stereocenters. The van der Waals surface area contributed by atoms with Gasteiger partial charge in [0.25, 0.3) is 0 Å². The maximum absolute atomic E-state index is 12.3. The Labute approximate surface area is 190 Å². The molecule has 1 heterocycles. The van der Waals surface area contributed by atoms with Gasteiger partial charge < -0.3 is 5.32 Å². The lowest BCUT2D eigenvalue weighted by Crippen LogP contribution is -2.26. The van der Waals surface area contributed by atoms with Gasteiger partial charge in [-0.15, -0.1) is 16.8 Å². The third-order valence-corrected chi connectivity index (χ3v) is 6.49. The Bertz CT molecular complexity index is 922. The lowest BCUT2D eigenvalue weighted by atomic mass is 9.87. The van der Waals surface area contributed by atoms with Crippen LogP contribution in [-0.4, -0.2) is 33.0 Å². The summed E-state index contributed by atoms with van der Waals surface area (Å²) in [6.07, 6.45) is 10.0. The van der Waals surface area contributed by atoms with E-state index in [2.05, 4.69) is 73.2 Å². The number of rotatable bonds is 9. The summed E-state index contributed by atoms with van der Waals surface area (Å²) in [5.74, 6) is 1.16. The predicted octanol–water partition coefficient (Wildman–Crippen LogP) is 5.53. The van der Waals surface area contributed by atoms with Crippen molar-refractivity contribution in [3.8, 4) is 11.4 Å². The minimum atomic E-state index is 0.0330. The van der Waals surface area contributed by atoms with Crippen LogP contribution in [-0.2, 0) is 16.8 Å². The van der Waals surface area contributed by atoms with Crippen LogP contribution in [0.15, 0.2) is 53.7 Å². The molecule has 0 saturated heterocycles. The van der Waals surface area contributed by atoms with Gasteiger partial charge in [0.15, 0.2) is 11.0 Å². The highest BCUT2D eigenvalue weighted by molar-refractivity contribution is 7.99. The largest absolute Gasteiger partial charge is 0.355 e. The number of thioether (sulfide) groups is 1. The van der Waals surface area contributed by atoms with E-state index in [0.29, 0.717) is 18.8 Å². The second-order valence-electron chi connectivity index (χ2n) is 9.03. The minimum absolute atomic E-state index is 0.0330. The number of benzene rings is 1. The summed E-state index contributed by atoms with van der Waals surface area (Å²) in [5.41, 5.74) is 3.88. The van der Waals surface area contributed by atoms with Crippen molar-refractivity contribution >= 4 is 17.7 Å². The van der Waals surface area contributed by atoms with Crippen LogP contribution in [0.25, 0.3) is 11.4 Å². The Kier molecular flexibility index (Phi) is 8.13. The molecular weight excluding hydrogens is 404 g/mol. The topological polar surface area (TPSA) is 59.8 Å². The van der Waals surface area contributed by atoms with Crippen molar-refractivity contribution in [2.45, 2.75) is 70.0 Å². The fourth-order valence-corrected chi connectivity index (χ4v) is 4.47. The lowest BCUT2D eigenvalue weighted by molar-refractivity contribution is -0.118. The quantitative estimate of drug-likeness (QED) is 0.413. The molecule has 3 rings (SSSR count). The first-order valence-electron chi connectivity index (χ1n) is 11.1. The molecule has 31 heavy (non-hydrogen) atoms. The van der Waals surface area contributed by atoms with Gasteiger partial charge in [-0.05, 0) is 43.1 Å². The van der Waals surface area contributed by atoms with Crippen molar-refractivity contribution in [3.05, 3.63) is 54.1 Å². The Balaban J connectivity index is 1.60. The van der Waals surface area contributed by atoms with Crippen LogP contribution >= 0.6 is 11.8 Å². The molecule has 0 saturated carbocycles. The van der Waals surface area contributed by atoms with Gasteiger partial charge in [-0.3, -0.25) is 9.36 Å². The Hall–Kier alpha value is -2.34. The van der Waals surface area contributed by atoms with Crippen molar-refractivity contribution in [1.29, 1.82) is 0 Å². The van der Waals surface area contributed by atoms with E-state index in [-0.39, 0.29) is 11.3 Å². The molecule has 1 aliphatic carbocycles. The molecule has 166 valence electrons. The van der Waals surface area contributed by atoms with Crippen LogP contribution in [0.2, 0.25) is 0 Å². The van der Waals surface area contributed by atoms with Crippen molar-refractivity contribution in [1.82, 2.24) is 20.1 Å². The van der Waals surface area contributed by atoms with Crippen LogP contribution in [0, 0.1) is 0 Å². The number of hydrogen-bond acceptors (Lipinski definition) is 4. The highest BCUT2D eigenvalue weighted by atomic mass is 32.2. The van der Waals surface area contributed by atoms with Gasteiger partial charge in [0.05, 0.1) is 5.75 Å². The first kappa shape index (κ1) is 23.3. The summed E-state index contributed by atoms with van der Waals surface area (Å²) in [6.45, 7) is 11.8. The molecule has 0 radical (unpaired) electrons.